The molecule has 0 unspecified atom stereocenters. The standard InChI is InChI=1S/C17H22N4O/c1-3-18-17(20-12-14-7-5-4-6-8-14)21-13-15-9-10-19-16(11-15)22-2/h4-11H,3,12-13H2,1-2H3,(H2,18,20,21). The second-order valence-electron chi connectivity index (χ2n) is 4.74. The third-order valence-corrected chi connectivity index (χ3v) is 3.08. The largest absolute Gasteiger partial charge is 0.481 e. The van der Waals surface area contributed by atoms with Gasteiger partial charge in [0.05, 0.1) is 13.7 Å². The molecule has 0 spiro atoms. The molecule has 5 nitrogen and oxygen atoms in total. The van der Waals surface area contributed by atoms with Crippen molar-refractivity contribution in [2.75, 3.05) is 13.7 Å². The van der Waals surface area contributed by atoms with E-state index in [1.165, 1.54) is 5.56 Å². The van der Waals surface area contributed by atoms with Crippen LogP contribution in [0.15, 0.2) is 53.7 Å². The lowest BCUT2D eigenvalue weighted by molar-refractivity contribution is 0.397. The summed E-state index contributed by atoms with van der Waals surface area (Å²) in [6.45, 7) is 4.19. The molecule has 0 fully saturated rings. The van der Waals surface area contributed by atoms with E-state index in [9.17, 15) is 0 Å². The number of benzene rings is 1. The Morgan fingerprint density at radius 3 is 2.68 bits per heavy atom. The highest BCUT2D eigenvalue weighted by Crippen LogP contribution is 2.09. The predicted octanol–water partition coefficient (Wildman–Crippen LogP) is 2.35. The van der Waals surface area contributed by atoms with Crippen molar-refractivity contribution in [2.24, 2.45) is 4.99 Å². The molecule has 1 heterocycles. The fraction of sp³-hybridized carbons (Fsp3) is 0.294. The molecule has 1 aromatic carbocycles. The van der Waals surface area contributed by atoms with Gasteiger partial charge in [0.15, 0.2) is 5.96 Å². The van der Waals surface area contributed by atoms with Crippen molar-refractivity contribution in [2.45, 2.75) is 20.0 Å². The number of aliphatic imine (C=N–C) groups is 1. The van der Waals surface area contributed by atoms with E-state index in [4.69, 9.17) is 4.74 Å². The SMILES string of the molecule is CCNC(=NCc1ccnc(OC)c1)NCc1ccccc1. The number of methoxy groups -OCH3 is 1. The van der Waals surface area contributed by atoms with Crippen molar-refractivity contribution in [3.05, 3.63) is 59.8 Å². The fourth-order valence-electron chi connectivity index (χ4n) is 1.95. The average molecular weight is 298 g/mol. The smallest absolute Gasteiger partial charge is 0.213 e. The van der Waals surface area contributed by atoms with Crippen LogP contribution < -0.4 is 15.4 Å². The molecular formula is C17H22N4O. The topological polar surface area (TPSA) is 58.5 Å². The molecule has 0 atom stereocenters. The molecule has 0 radical (unpaired) electrons. The van der Waals surface area contributed by atoms with Crippen LogP contribution in [0.1, 0.15) is 18.1 Å². The highest BCUT2D eigenvalue weighted by molar-refractivity contribution is 5.79. The molecule has 0 bridgehead atoms. The van der Waals surface area contributed by atoms with Crippen LogP contribution in [0.4, 0.5) is 0 Å². The molecule has 0 saturated carbocycles. The number of nitrogens with one attached hydrogen (secondary N) is 2. The van der Waals surface area contributed by atoms with Crippen LogP contribution in [0.5, 0.6) is 5.88 Å². The molecule has 2 aromatic rings. The van der Waals surface area contributed by atoms with Gasteiger partial charge in [0, 0.05) is 25.4 Å². The quantitative estimate of drug-likeness (QED) is 0.635. The van der Waals surface area contributed by atoms with Gasteiger partial charge in [0.2, 0.25) is 5.88 Å². The maximum atomic E-state index is 5.12. The molecular weight excluding hydrogens is 276 g/mol. The monoisotopic (exact) mass is 298 g/mol. The highest BCUT2D eigenvalue weighted by Gasteiger charge is 2.00. The van der Waals surface area contributed by atoms with E-state index in [1.54, 1.807) is 13.3 Å². The molecule has 2 N–H and O–H groups in total. The zero-order valence-electron chi connectivity index (χ0n) is 13.0. The van der Waals surface area contributed by atoms with Crippen LogP contribution in [-0.4, -0.2) is 24.6 Å². The van der Waals surface area contributed by atoms with E-state index in [-0.39, 0.29) is 0 Å². The van der Waals surface area contributed by atoms with Crippen LogP contribution in [0.25, 0.3) is 0 Å². The van der Waals surface area contributed by atoms with Crippen LogP contribution >= 0.6 is 0 Å². The van der Waals surface area contributed by atoms with Gasteiger partial charge in [0.1, 0.15) is 0 Å². The minimum absolute atomic E-state index is 0.572. The van der Waals surface area contributed by atoms with Crippen LogP contribution in [0.3, 0.4) is 0 Å². The first kappa shape index (κ1) is 15.8. The van der Waals surface area contributed by atoms with Crippen LogP contribution in [0, 0.1) is 0 Å². The Morgan fingerprint density at radius 1 is 1.14 bits per heavy atom. The minimum atomic E-state index is 0.572. The van der Waals surface area contributed by atoms with Gasteiger partial charge in [-0.05, 0) is 24.1 Å². The molecule has 1 aromatic heterocycles. The molecule has 2 rings (SSSR count). The molecule has 0 amide bonds. The van der Waals surface area contributed by atoms with Crippen molar-refractivity contribution in [1.82, 2.24) is 15.6 Å². The van der Waals surface area contributed by atoms with E-state index >= 15 is 0 Å². The second-order valence-corrected chi connectivity index (χ2v) is 4.74. The van der Waals surface area contributed by atoms with Crippen molar-refractivity contribution >= 4 is 5.96 Å². The van der Waals surface area contributed by atoms with Gasteiger partial charge in [-0.2, -0.15) is 0 Å². The lowest BCUT2D eigenvalue weighted by Gasteiger charge is -2.11. The number of pyridine rings is 1. The van der Waals surface area contributed by atoms with E-state index < -0.39 is 0 Å². The first-order chi connectivity index (χ1) is 10.8. The van der Waals surface area contributed by atoms with Gasteiger partial charge in [0.25, 0.3) is 0 Å². The number of hydrogen-bond acceptors (Lipinski definition) is 3. The summed E-state index contributed by atoms with van der Waals surface area (Å²) in [5.74, 6) is 1.40. The summed E-state index contributed by atoms with van der Waals surface area (Å²) in [6.07, 6.45) is 1.73. The Balaban J connectivity index is 1.97. The lowest BCUT2D eigenvalue weighted by Crippen LogP contribution is -2.36. The van der Waals surface area contributed by atoms with Crippen molar-refractivity contribution < 1.29 is 4.74 Å². The van der Waals surface area contributed by atoms with Crippen molar-refractivity contribution in [1.29, 1.82) is 0 Å². The maximum absolute atomic E-state index is 5.12. The summed E-state index contributed by atoms with van der Waals surface area (Å²) in [4.78, 5) is 8.68. The van der Waals surface area contributed by atoms with Crippen molar-refractivity contribution in [3.8, 4) is 5.88 Å². The van der Waals surface area contributed by atoms with E-state index in [1.807, 2.05) is 30.3 Å². The Bertz CT molecular complexity index is 599. The first-order valence-corrected chi connectivity index (χ1v) is 7.37. The molecule has 0 aliphatic rings. The normalized spacial score (nSPS) is 11.1. The summed E-state index contributed by atoms with van der Waals surface area (Å²) < 4.78 is 5.12. The highest BCUT2D eigenvalue weighted by atomic mass is 16.5. The maximum Gasteiger partial charge on any atom is 0.213 e. The number of nitrogens with zero attached hydrogens (tertiary/aromatic N) is 2. The van der Waals surface area contributed by atoms with Crippen LogP contribution in [-0.2, 0) is 13.1 Å². The number of hydrogen-bond donors (Lipinski definition) is 2. The predicted molar refractivity (Wildman–Crippen MR) is 88.9 cm³/mol. The molecule has 22 heavy (non-hydrogen) atoms. The molecule has 5 heteroatoms. The van der Waals surface area contributed by atoms with E-state index in [2.05, 4.69) is 39.7 Å². The molecule has 0 aliphatic carbocycles. The average Bonchev–Trinajstić information content (AvgIpc) is 2.58. The second kappa shape index (κ2) is 8.67. The summed E-state index contributed by atoms with van der Waals surface area (Å²) in [5.41, 5.74) is 2.28. The minimum Gasteiger partial charge on any atom is -0.481 e. The number of rotatable bonds is 6. The molecule has 0 aliphatic heterocycles. The lowest BCUT2D eigenvalue weighted by atomic mass is 10.2. The Kier molecular flexibility index (Phi) is 6.23. The summed E-state index contributed by atoms with van der Waals surface area (Å²) >= 11 is 0. The molecule has 0 saturated heterocycles. The third-order valence-electron chi connectivity index (χ3n) is 3.08. The van der Waals surface area contributed by atoms with Crippen molar-refractivity contribution in [3.63, 3.8) is 0 Å². The van der Waals surface area contributed by atoms with Gasteiger partial charge >= 0.3 is 0 Å². The Hall–Kier alpha value is -2.56. The van der Waals surface area contributed by atoms with E-state index in [0.717, 1.165) is 24.6 Å². The van der Waals surface area contributed by atoms with Gasteiger partial charge in [-0.1, -0.05) is 30.3 Å². The zero-order valence-corrected chi connectivity index (χ0v) is 13.0. The van der Waals surface area contributed by atoms with E-state index in [0.29, 0.717) is 12.4 Å². The first-order valence-electron chi connectivity index (χ1n) is 7.37. The summed E-state index contributed by atoms with van der Waals surface area (Å²) in [6, 6.07) is 14.1. The summed E-state index contributed by atoms with van der Waals surface area (Å²) in [5, 5.41) is 6.57. The zero-order chi connectivity index (χ0) is 15.6. The Morgan fingerprint density at radius 2 is 1.95 bits per heavy atom. The van der Waals surface area contributed by atoms with Gasteiger partial charge in [-0.15, -0.1) is 0 Å². The third kappa shape index (κ3) is 5.09. The Labute approximate surface area is 131 Å². The van der Waals surface area contributed by atoms with Crippen LogP contribution in [0.2, 0.25) is 0 Å². The summed E-state index contributed by atoms with van der Waals surface area (Å²) in [7, 11) is 1.61. The van der Waals surface area contributed by atoms with Gasteiger partial charge in [-0.3, -0.25) is 0 Å². The number of guanidine groups is 1. The fourth-order valence-corrected chi connectivity index (χ4v) is 1.95. The molecule has 116 valence electrons. The van der Waals surface area contributed by atoms with Gasteiger partial charge < -0.3 is 15.4 Å². The number of ether oxygens (including phenoxy) is 1. The van der Waals surface area contributed by atoms with Gasteiger partial charge in [-0.25, -0.2) is 9.98 Å². The number of aromatic nitrogens is 1.